The molecule has 0 bridgehead atoms. The molecule has 0 aliphatic rings. The van der Waals surface area contributed by atoms with Crippen LogP contribution in [0.2, 0.25) is 0 Å². The smallest absolute Gasteiger partial charge is 0.435 e. The van der Waals surface area contributed by atoms with Gasteiger partial charge in [-0.15, -0.1) is 0 Å². The SMILES string of the molecule is CCCOc1cnc([N+](=O)[O-])[nH]1. The van der Waals surface area contributed by atoms with E-state index in [1.54, 1.807) is 0 Å². The van der Waals surface area contributed by atoms with Gasteiger partial charge in [0.25, 0.3) is 5.88 Å². The van der Waals surface area contributed by atoms with Crippen LogP contribution >= 0.6 is 0 Å². The van der Waals surface area contributed by atoms with Gasteiger partial charge in [0.2, 0.25) is 0 Å². The van der Waals surface area contributed by atoms with Crippen LogP contribution in [0.1, 0.15) is 13.3 Å². The minimum Gasteiger partial charge on any atom is -0.466 e. The molecule has 6 nitrogen and oxygen atoms in total. The van der Waals surface area contributed by atoms with Crippen LogP contribution in [-0.4, -0.2) is 21.5 Å². The van der Waals surface area contributed by atoms with Crippen LogP contribution in [0.15, 0.2) is 6.20 Å². The Morgan fingerprint density at radius 3 is 3.08 bits per heavy atom. The summed E-state index contributed by atoms with van der Waals surface area (Å²) in [6.07, 6.45) is 2.15. The first kappa shape index (κ1) is 8.51. The van der Waals surface area contributed by atoms with E-state index in [0.29, 0.717) is 12.5 Å². The molecule has 0 amide bonds. The maximum absolute atomic E-state index is 10.1. The molecule has 0 radical (unpaired) electrons. The lowest BCUT2D eigenvalue weighted by Crippen LogP contribution is -1.95. The molecule has 0 saturated carbocycles. The van der Waals surface area contributed by atoms with Gasteiger partial charge in [-0.3, -0.25) is 0 Å². The fraction of sp³-hybridized carbons (Fsp3) is 0.500. The fourth-order valence-electron chi connectivity index (χ4n) is 0.673. The van der Waals surface area contributed by atoms with E-state index in [0.717, 1.165) is 6.42 Å². The summed E-state index contributed by atoms with van der Waals surface area (Å²) in [6.45, 7) is 2.48. The van der Waals surface area contributed by atoms with Crippen molar-refractivity contribution in [3.8, 4) is 5.88 Å². The summed E-state index contributed by atoms with van der Waals surface area (Å²) in [6, 6.07) is 0. The lowest BCUT2D eigenvalue weighted by molar-refractivity contribution is -0.393. The highest BCUT2D eigenvalue weighted by atomic mass is 16.6. The first-order chi connectivity index (χ1) is 5.74. The van der Waals surface area contributed by atoms with Gasteiger partial charge < -0.3 is 14.9 Å². The third-order valence-electron chi connectivity index (χ3n) is 1.17. The predicted molar refractivity (Wildman–Crippen MR) is 41.0 cm³/mol. The average molecular weight is 171 g/mol. The molecule has 6 heteroatoms. The van der Waals surface area contributed by atoms with Crippen molar-refractivity contribution in [3.05, 3.63) is 16.3 Å². The van der Waals surface area contributed by atoms with Gasteiger partial charge in [-0.05, 0) is 11.3 Å². The van der Waals surface area contributed by atoms with Gasteiger partial charge in [0.1, 0.15) is 0 Å². The van der Waals surface area contributed by atoms with Crippen molar-refractivity contribution in [2.45, 2.75) is 13.3 Å². The molecule has 0 saturated heterocycles. The second-order valence-electron chi connectivity index (χ2n) is 2.18. The molecule has 1 aromatic heterocycles. The van der Waals surface area contributed by atoms with Crippen molar-refractivity contribution in [1.29, 1.82) is 0 Å². The van der Waals surface area contributed by atoms with E-state index in [1.165, 1.54) is 6.20 Å². The van der Waals surface area contributed by atoms with Gasteiger partial charge in [0.15, 0.2) is 6.20 Å². The van der Waals surface area contributed by atoms with Gasteiger partial charge >= 0.3 is 5.95 Å². The second kappa shape index (κ2) is 3.70. The summed E-state index contributed by atoms with van der Waals surface area (Å²) < 4.78 is 5.06. The second-order valence-corrected chi connectivity index (χ2v) is 2.18. The van der Waals surface area contributed by atoms with E-state index in [2.05, 4.69) is 9.97 Å². The summed E-state index contributed by atoms with van der Waals surface area (Å²) in [5.41, 5.74) is 0. The van der Waals surface area contributed by atoms with Crippen molar-refractivity contribution >= 4 is 5.95 Å². The molecule has 0 aliphatic heterocycles. The Morgan fingerprint density at radius 1 is 1.83 bits per heavy atom. The van der Waals surface area contributed by atoms with Crippen LogP contribution in [-0.2, 0) is 0 Å². The van der Waals surface area contributed by atoms with Gasteiger partial charge in [-0.25, -0.2) is 4.98 Å². The zero-order valence-electron chi connectivity index (χ0n) is 6.61. The first-order valence-corrected chi connectivity index (χ1v) is 3.56. The minimum atomic E-state index is -0.598. The molecule has 12 heavy (non-hydrogen) atoms. The van der Waals surface area contributed by atoms with E-state index in [-0.39, 0.29) is 5.95 Å². The zero-order chi connectivity index (χ0) is 8.97. The summed E-state index contributed by atoms with van der Waals surface area (Å²) in [7, 11) is 0. The number of nitro groups is 1. The zero-order valence-corrected chi connectivity index (χ0v) is 6.61. The molecular weight excluding hydrogens is 162 g/mol. The highest BCUT2D eigenvalue weighted by molar-refractivity contribution is 5.15. The number of aromatic nitrogens is 2. The van der Waals surface area contributed by atoms with Gasteiger partial charge in [-0.2, -0.15) is 0 Å². The number of H-pyrrole nitrogens is 1. The van der Waals surface area contributed by atoms with E-state index in [1.807, 2.05) is 6.92 Å². The van der Waals surface area contributed by atoms with E-state index in [9.17, 15) is 10.1 Å². The number of hydrogen-bond acceptors (Lipinski definition) is 4. The number of hydrogen-bond donors (Lipinski definition) is 1. The number of nitrogens with one attached hydrogen (secondary N) is 1. The number of ether oxygens (including phenoxy) is 1. The minimum absolute atomic E-state index is 0.291. The average Bonchev–Trinajstić information content (AvgIpc) is 2.48. The molecule has 0 aliphatic carbocycles. The number of nitrogens with zero attached hydrogens (tertiary/aromatic N) is 2. The molecule has 1 heterocycles. The Balaban J connectivity index is 2.58. The molecule has 66 valence electrons. The summed E-state index contributed by atoms with van der Waals surface area (Å²) in [5.74, 6) is 0.0460. The summed E-state index contributed by atoms with van der Waals surface area (Å²) in [5, 5.41) is 10.1. The van der Waals surface area contributed by atoms with E-state index in [4.69, 9.17) is 4.74 Å². The van der Waals surface area contributed by atoms with Gasteiger partial charge in [0, 0.05) is 0 Å². The topological polar surface area (TPSA) is 81.1 Å². The Labute approximate surface area is 68.7 Å². The van der Waals surface area contributed by atoms with Crippen molar-refractivity contribution in [3.63, 3.8) is 0 Å². The molecule has 0 fully saturated rings. The molecular formula is C6H9N3O3. The van der Waals surface area contributed by atoms with E-state index >= 15 is 0 Å². The normalized spacial score (nSPS) is 9.75. The highest BCUT2D eigenvalue weighted by Gasteiger charge is 2.10. The van der Waals surface area contributed by atoms with Crippen LogP contribution in [0.3, 0.4) is 0 Å². The van der Waals surface area contributed by atoms with Crippen LogP contribution in [0.5, 0.6) is 5.88 Å². The Hall–Kier alpha value is -1.59. The standard InChI is InChI=1S/C6H9N3O3/c1-2-3-12-5-4-7-6(8-5)9(10)11/h4H,2-3H2,1H3,(H,7,8). The molecule has 0 aromatic carbocycles. The molecule has 1 rings (SSSR count). The Kier molecular flexibility index (Phi) is 2.62. The van der Waals surface area contributed by atoms with Crippen LogP contribution in [0.25, 0.3) is 0 Å². The number of aromatic amines is 1. The molecule has 0 spiro atoms. The summed E-state index contributed by atoms with van der Waals surface area (Å²) in [4.78, 5) is 15.4. The lowest BCUT2D eigenvalue weighted by Gasteiger charge is -1.95. The third kappa shape index (κ3) is 1.94. The van der Waals surface area contributed by atoms with Crippen molar-refractivity contribution in [1.82, 2.24) is 9.97 Å². The quantitative estimate of drug-likeness (QED) is 0.543. The third-order valence-corrected chi connectivity index (χ3v) is 1.17. The van der Waals surface area contributed by atoms with Crippen LogP contribution in [0, 0.1) is 10.1 Å². The highest BCUT2D eigenvalue weighted by Crippen LogP contribution is 2.11. The predicted octanol–water partition coefficient (Wildman–Crippen LogP) is 1.11. The van der Waals surface area contributed by atoms with E-state index < -0.39 is 4.92 Å². The van der Waals surface area contributed by atoms with Crippen LogP contribution in [0.4, 0.5) is 5.95 Å². The Bertz CT molecular complexity index is 271. The van der Waals surface area contributed by atoms with Crippen molar-refractivity contribution in [2.75, 3.05) is 6.61 Å². The molecule has 0 atom stereocenters. The fourth-order valence-corrected chi connectivity index (χ4v) is 0.673. The molecule has 1 aromatic rings. The van der Waals surface area contributed by atoms with Crippen molar-refractivity contribution < 1.29 is 9.66 Å². The molecule has 1 N–H and O–H groups in total. The lowest BCUT2D eigenvalue weighted by atomic mass is 10.5. The number of imidazole rings is 1. The monoisotopic (exact) mass is 171 g/mol. The molecule has 0 unspecified atom stereocenters. The summed E-state index contributed by atoms with van der Waals surface area (Å²) >= 11 is 0. The maximum Gasteiger partial charge on any atom is 0.435 e. The first-order valence-electron chi connectivity index (χ1n) is 3.56. The Morgan fingerprint density at radius 2 is 2.58 bits per heavy atom. The van der Waals surface area contributed by atoms with Crippen molar-refractivity contribution in [2.24, 2.45) is 0 Å². The number of rotatable bonds is 4. The van der Waals surface area contributed by atoms with Gasteiger partial charge in [0.05, 0.1) is 6.61 Å². The van der Waals surface area contributed by atoms with Crippen LogP contribution < -0.4 is 4.74 Å². The largest absolute Gasteiger partial charge is 0.466 e. The maximum atomic E-state index is 10.1. The van der Waals surface area contributed by atoms with Gasteiger partial charge in [-0.1, -0.05) is 11.9 Å².